The largest absolute Gasteiger partial charge is 0.507 e. The zero-order valence-electron chi connectivity index (χ0n) is 21.7. The molecule has 9 heteroatoms. The summed E-state index contributed by atoms with van der Waals surface area (Å²) >= 11 is 0. The van der Waals surface area contributed by atoms with Gasteiger partial charge in [-0.2, -0.15) is 0 Å². The van der Waals surface area contributed by atoms with Gasteiger partial charge >= 0.3 is 0 Å². The van der Waals surface area contributed by atoms with E-state index in [2.05, 4.69) is 0 Å². The Morgan fingerprint density at radius 2 is 1.87 bits per heavy atom. The lowest BCUT2D eigenvalue weighted by molar-refractivity contribution is -0.139. The number of hydrogen-bond acceptors (Lipinski definition) is 7. The summed E-state index contributed by atoms with van der Waals surface area (Å²) in [6.07, 6.45) is 0.362. The third-order valence-electron chi connectivity index (χ3n) is 7.02. The van der Waals surface area contributed by atoms with Gasteiger partial charge in [-0.05, 0) is 66.9 Å². The van der Waals surface area contributed by atoms with Gasteiger partial charge in [0.2, 0.25) is 0 Å². The number of hydrogen-bond donors (Lipinski definition) is 2. The molecular formula is C30H29FN2O6. The lowest BCUT2D eigenvalue weighted by Crippen LogP contribution is -2.31. The Hall–Kier alpha value is -4.53. The number of likely N-dealkylation sites (N-methyl/N-ethyl adjacent to an activating group) is 1. The highest BCUT2D eigenvalue weighted by molar-refractivity contribution is 6.46. The van der Waals surface area contributed by atoms with Gasteiger partial charge < -0.3 is 29.5 Å². The van der Waals surface area contributed by atoms with E-state index in [1.54, 1.807) is 49.4 Å². The van der Waals surface area contributed by atoms with Gasteiger partial charge in [0.1, 0.15) is 23.9 Å². The summed E-state index contributed by atoms with van der Waals surface area (Å²) in [7, 11) is 1.91. The highest BCUT2D eigenvalue weighted by Gasteiger charge is 2.46. The SMILES string of the molecule is CCOc1cc(C2/C(=C(\O)c3ccc4c(c3)N(C)CCO4)C(=O)C(=O)N2CCc2ccc(F)cc2)ccc1O. The van der Waals surface area contributed by atoms with E-state index in [1.165, 1.54) is 23.1 Å². The summed E-state index contributed by atoms with van der Waals surface area (Å²) < 4.78 is 24.7. The van der Waals surface area contributed by atoms with Crippen LogP contribution in [0.25, 0.3) is 5.76 Å². The molecule has 1 fully saturated rings. The number of aliphatic hydroxyl groups is 1. The van der Waals surface area contributed by atoms with E-state index in [9.17, 15) is 24.2 Å². The molecule has 5 rings (SSSR count). The molecule has 3 aromatic rings. The van der Waals surface area contributed by atoms with Crippen molar-refractivity contribution in [2.75, 3.05) is 38.3 Å². The fourth-order valence-electron chi connectivity index (χ4n) is 4.98. The van der Waals surface area contributed by atoms with Crippen LogP contribution in [0.3, 0.4) is 0 Å². The summed E-state index contributed by atoms with van der Waals surface area (Å²) in [6, 6.07) is 14.7. The van der Waals surface area contributed by atoms with Crippen molar-refractivity contribution < 1.29 is 33.7 Å². The zero-order chi connectivity index (χ0) is 27.7. The van der Waals surface area contributed by atoms with Crippen molar-refractivity contribution in [2.24, 2.45) is 0 Å². The molecular weight excluding hydrogens is 503 g/mol. The minimum atomic E-state index is -0.935. The molecule has 2 aliphatic rings. The van der Waals surface area contributed by atoms with Crippen molar-refractivity contribution in [1.29, 1.82) is 0 Å². The predicted molar refractivity (Wildman–Crippen MR) is 144 cm³/mol. The van der Waals surface area contributed by atoms with Gasteiger partial charge in [-0.25, -0.2) is 4.39 Å². The zero-order valence-corrected chi connectivity index (χ0v) is 21.7. The molecule has 2 heterocycles. The molecule has 0 aliphatic carbocycles. The number of nitrogens with zero attached hydrogens (tertiary/aromatic N) is 2. The van der Waals surface area contributed by atoms with Gasteiger partial charge in [-0.3, -0.25) is 9.59 Å². The Balaban J connectivity index is 1.60. The van der Waals surface area contributed by atoms with Crippen LogP contribution in [-0.2, 0) is 16.0 Å². The number of carbonyl (C=O) groups is 2. The molecule has 2 N–H and O–H groups in total. The monoisotopic (exact) mass is 532 g/mol. The normalized spacial score (nSPS) is 18.2. The highest BCUT2D eigenvalue weighted by Crippen LogP contribution is 2.43. The molecule has 0 bridgehead atoms. The molecule has 1 saturated heterocycles. The van der Waals surface area contributed by atoms with Gasteiger partial charge in [0.25, 0.3) is 11.7 Å². The first-order chi connectivity index (χ1) is 18.8. The minimum absolute atomic E-state index is 0.0634. The van der Waals surface area contributed by atoms with E-state index in [4.69, 9.17) is 9.47 Å². The van der Waals surface area contributed by atoms with Crippen molar-refractivity contribution in [3.05, 3.63) is 88.7 Å². The minimum Gasteiger partial charge on any atom is -0.507 e. The number of rotatable bonds is 7. The van der Waals surface area contributed by atoms with Gasteiger partial charge in [-0.15, -0.1) is 0 Å². The summed E-state index contributed by atoms with van der Waals surface area (Å²) in [4.78, 5) is 30.1. The van der Waals surface area contributed by atoms with Crippen LogP contribution in [0.2, 0.25) is 0 Å². The maximum absolute atomic E-state index is 13.4. The summed E-state index contributed by atoms with van der Waals surface area (Å²) in [5, 5.41) is 21.7. The van der Waals surface area contributed by atoms with Crippen LogP contribution in [-0.4, -0.2) is 60.2 Å². The van der Waals surface area contributed by atoms with Crippen molar-refractivity contribution in [3.8, 4) is 17.2 Å². The first kappa shape index (κ1) is 26.1. The molecule has 8 nitrogen and oxygen atoms in total. The predicted octanol–water partition coefficient (Wildman–Crippen LogP) is 4.42. The first-order valence-electron chi connectivity index (χ1n) is 12.8. The van der Waals surface area contributed by atoms with Crippen LogP contribution in [0.4, 0.5) is 10.1 Å². The summed E-state index contributed by atoms with van der Waals surface area (Å²) in [5.74, 6) is -1.47. The number of amides is 1. The fourth-order valence-corrected chi connectivity index (χ4v) is 4.98. The second-order valence-corrected chi connectivity index (χ2v) is 9.48. The van der Waals surface area contributed by atoms with Crippen LogP contribution >= 0.6 is 0 Å². The number of benzene rings is 3. The average Bonchev–Trinajstić information content (AvgIpc) is 3.19. The molecule has 202 valence electrons. The van der Waals surface area contributed by atoms with Crippen LogP contribution in [0.1, 0.15) is 29.7 Å². The summed E-state index contributed by atoms with van der Waals surface area (Å²) in [6.45, 7) is 3.42. The molecule has 2 aliphatic heterocycles. The van der Waals surface area contributed by atoms with E-state index in [-0.39, 0.29) is 35.2 Å². The molecule has 3 aromatic carbocycles. The maximum Gasteiger partial charge on any atom is 0.295 e. The third-order valence-corrected chi connectivity index (χ3v) is 7.02. The van der Waals surface area contributed by atoms with Gasteiger partial charge in [0.15, 0.2) is 11.5 Å². The fraction of sp³-hybridized carbons (Fsp3) is 0.267. The molecule has 39 heavy (non-hydrogen) atoms. The van der Waals surface area contributed by atoms with Gasteiger partial charge in [0, 0.05) is 19.2 Å². The number of phenols is 1. The number of anilines is 1. The van der Waals surface area contributed by atoms with E-state index in [1.807, 2.05) is 11.9 Å². The molecule has 0 saturated carbocycles. The number of likely N-dealkylation sites (tertiary alicyclic amines) is 1. The lowest BCUT2D eigenvalue weighted by Gasteiger charge is -2.28. The first-order valence-corrected chi connectivity index (χ1v) is 12.8. The number of aromatic hydroxyl groups is 1. The molecule has 0 spiro atoms. The van der Waals surface area contributed by atoms with Crippen molar-refractivity contribution >= 4 is 23.1 Å². The number of fused-ring (bicyclic) bond motifs is 1. The highest BCUT2D eigenvalue weighted by atomic mass is 19.1. The summed E-state index contributed by atoms with van der Waals surface area (Å²) in [5.41, 5.74) is 2.35. The average molecular weight is 533 g/mol. The van der Waals surface area contributed by atoms with Crippen molar-refractivity contribution in [2.45, 2.75) is 19.4 Å². The van der Waals surface area contributed by atoms with E-state index < -0.39 is 17.7 Å². The smallest absolute Gasteiger partial charge is 0.295 e. The quantitative estimate of drug-likeness (QED) is 0.264. The number of ether oxygens (including phenoxy) is 2. The van der Waals surface area contributed by atoms with Crippen LogP contribution in [0.15, 0.2) is 66.2 Å². The van der Waals surface area contributed by atoms with Gasteiger partial charge in [0.05, 0.1) is 30.5 Å². The number of aliphatic hydroxyl groups excluding tert-OH is 1. The Bertz CT molecular complexity index is 1450. The van der Waals surface area contributed by atoms with Gasteiger partial charge in [-0.1, -0.05) is 18.2 Å². The number of halogens is 1. The van der Waals surface area contributed by atoms with Crippen LogP contribution < -0.4 is 14.4 Å². The molecule has 0 radical (unpaired) electrons. The Labute approximate surface area is 225 Å². The van der Waals surface area contributed by atoms with Crippen molar-refractivity contribution in [3.63, 3.8) is 0 Å². The molecule has 0 aromatic heterocycles. The second-order valence-electron chi connectivity index (χ2n) is 9.48. The standard InChI is InChI=1S/C30H29FN2O6/c1-3-38-25-17-19(6-10-23(25)34)27-26(28(35)20-7-11-24-22(16-20)32(2)14-15-39-24)29(36)30(37)33(27)13-12-18-4-8-21(31)9-5-18/h4-11,16-17,27,34-35H,3,12-15H2,1-2H3/b28-26+. The molecule has 1 amide bonds. The number of carbonyl (C=O) groups excluding carboxylic acids is 2. The van der Waals surface area contributed by atoms with Crippen LogP contribution in [0, 0.1) is 5.82 Å². The topological polar surface area (TPSA) is 99.5 Å². The number of phenolic OH excluding ortho intramolecular Hbond substituents is 1. The lowest BCUT2D eigenvalue weighted by atomic mass is 9.94. The van der Waals surface area contributed by atoms with Crippen molar-refractivity contribution in [1.82, 2.24) is 4.90 Å². The Kier molecular flexibility index (Phi) is 7.15. The maximum atomic E-state index is 13.4. The second kappa shape index (κ2) is 10.7. The Morgan fingerprint density at radius 3 is 2.62 bits per heavy atom. The number of ketones is 1. The number of Topliss-reactive ketones (excluding diaryl/α,β-unsaturated/α-hetero) is 1. The van der Waals surface area contributed by atoms with E-state index >= 15 is 0 Å². The molecule has 1 unspecified atom stereocenters. The third kappa shape index (κ3) is 4.99. The molecule has 1 atom stereocenters. The van der Waals surface area contributed by atoms with E-state index in [0.29, 0.717) is 43.1 Å². The Morgan fingerprint density at radius 1 is 1.10 bits per heavy atom. The van der Waals surface area contributed by atoms with E-state index in [0.717, 1.165) is 11.3 Å². The van der Waals surface area contributed by atoms with Crippen LogP contribution in [0.5, 0.6) is 17.2 Å².